The number of carbonyl (C=O) groups is 1. The van der Waals surface area contributed by atoms with Gasteiger partial charge in [0, 0.05) is 0 Å². The Bertz CT molecular complexity index is 291. The summed E-state index contributed by atoms with van der Waals surface area (Å²) in [6, 6.07) is 0. The van der Waals surface area contributed by atoms with Gasteiger partial charge in [0.1, 0.15) is 0 Å². The third kappa shape index (κ3) is 2.31. The maximum Gasteiger partial charge on any atom is 0.311 e. The second-order valence-corrected chi connectivity index (χ2v) is 3.93. The maximum atomic E-state index is 10.9. The molecule has 0 aliphatic heterocycles. The summed E-state index contributed by atoms with van der Waals surface area (Å²) in [6.45, 7) is 3.98. The van der Waals surface area contributed by atoms with E-state index in [9.17, 15) is 4.79 Å². The van der Waals surface area contributed by atoms with Crippen LogP contribution in [0.1, 0.15) is 36.8 Å². The summed E-state index contributed by atoms with van der Waals surface area (Å²) >= 11 is 1.57. The van der Waals surface area contributed by atoms with Crippen molar-refractivity contribution in [3.05, 3.63) is 21.9 Å². The van der Waals surface area contributed by atoms with Crippen LogP contribution in [-0.2, 0) is 4.79 Å². The normalized spacial score (nSPS) is 12.8. The lowest BCUT2D eigenvalue weighted by atomic mass is 9.94. The number of aryl methyl sites for hydroxylation is 1. The van der Waals surface area contributed by atoms with Crippen LogP contribution in [-0.4, -0.2) is 11.1 Å². The number of thiophene rings is 1. The minimum absolute atomic E-state index is 0.309. The van der Waals surface area contributed by atoms with Gasteiger partial charge in [-0.1, -0.05) is 13.3 Å². The van der Waals surface area contributed by atoms with Crippen molar-refractivity contribution in [1.29, 1.82) is 0 Å². The maximum absolute atomic E-state index is 10.9. The molecule has 1 atom stereocenters. The molecule has 1 rings (SSSR count). The number of carboxylic acid groups (broad SMARTS) is 1. The molecule has 0 spiro atoms. The summed E-state index contributed by atoms with van der Waals surface area (Å²) in [5.74, 6) is -1.01. The van der Waals surface area contributed by atoms with E-state index in [-0.39, 0.29) is 5.92 Å². The van der Waals surface area contributed by atoms with Gasteiger partial charge in [0.25, 0.3) is 0 Å². The zero-order chi connectivity index (χ0) is 9.84. The van der Waals surface area contributed by atoms with Crippen LogP contribution in [0.2, 0.25) is 0 Å². The van der Waals surface area contributed by atoms with Gasteiger partial charge >= 0.3 is 5.97 Å². The van der Waals surface area contributed by atoms with Crippen molar-refractivity contribution in [3.8, 4) is 0 Å². The topological polar surface area (TPSA) is 37.3 Å². The highest BCUT2D eigenvalue weighted by atomic mass is 32.1. The molecule has 13 heavy (non-hydrogen) atoms. The van der Waals surface area contributed by atoms with Crippen LogP contribution >= 0.6 is 11.3 Å². The Labute approximate surface area is 82.2 Å². The van der Waals surface area contributed by atoms with Gasteiger partial charge in [-0.2, -0.15) is 11.3 Å². The third-order valence-electron chi connectivity index (χ3n) is 2.15. The molecular weight excluding hydrogens is 184 g/mol. The quantitative estimate of drug-likeness (QED) is 0.807. The lowest BCUT2D eigenvalue weighted by Gasteiger charge is -2.10. The summed E-state index contributed by atoms with van der Waals surface area (Å²) < 4.78 is 0. The van der Waals surface area contributed by atoms with E-state index in [1.807, 2.05) is 24.6 Å². The molecule has 72 valence electrons. The standard InChI is InChI=1S/C10H14O2S/c1-3-4-8(10(11)12)9-6-13-5-7(9)2/h5-6,8H,3-4H2,1-2H3,(H,11,12). The van der Waals surface area contributed by atoms with Gasteiger partial charge < -0.3 is 5.11 Å². The Kier molecular flexibility index (Phi) is 3.48. The van der Waals surface area contributed by atoms with Crippen molar-refractivity contribution < 1.29 is 9.90 Å². The number of carboxylic acids is 1. The molecule has 1 aromatic heterocycles. The molecule has 0 aliphatic rings. The average Bonchev–Trinajstić information content (AvgIpc) is 2.47. The SMILES string of the molecule is CCCC(C(=O)O)c1cscc1C. The molecular formula is C10H14O2S. The molecule has 0 radical (unpaired) electrons. The van der Waals surface area contributed by atoms with Crippen molar-refractivity contribution in [1.82, 2.24) is 0 Å². The third-order valence-corrected chi connectivity index (χ3v) is 3.03. The van der Waals surface area contributed by atoms with Gasteiger partial charge in [-0.15, -0.1) is 0 Å². The van der Waals surface area contributed by atoms with E-state index in [1.54, 1.807) is 11.3 Å². The highest BCUT2D eigenvalue weighted by Crippen LogP contribution is 2.27. The Balaban J connectivity index is 2.88. The van der Waals surface area contributed by atoms with E-state index in [1.165, 1.54) is 0 Å². The summed E-state index contributed by atoms with van der Waals surface area (Å²) in [7, 11) is 0. The Morgan fingerprint density at radius 1 is 1.62 bits per heavy atom. The zero-order valence-electron chi connectivity index (χ0n) is 7.91. The van der Waals surface area contributed by atoms with Gasteiger partial charge in [0.2, 0.25) is 0 Å². The van der Waals surface area contributed by atoms with Crippen LogP contribution in [0, 0.1) is 6.92 Å². The van der Waals surface area contributed by atoms with E-state index < -0.39 is 5.97 Å². The lowest BCUT2D eigenvalue weighted by Crippen LogP contribution is -2.11. The monoisotopic (exact) mass is 198 g/mol. The minimum Gasteiger partial charge on any atom is -0.481 e. The lowest BCUT2D eigenvalue weighted by molar-refractivity contribution is -0.139. The predicted molar refractivity (Wildman–Crippen MR) is 54.3 cm³/mol. The summed E-state index contributed by atoms with van der Waals surface area (Å²) in [5.41, 5.74) is 2.09. The van der Waals surface area contributed by atoms with E-state index in [0.717, 1.165) is 24.0 Å². The van der Waals surface area contributed by atoms with Crippen LogP contribution < -0.4 is 0 Å². The van der Waals surface area contributed by atoms with Crippen LogP contribution in [0.25, 0.3) is 0 Å². The fraction of sp³-hybridized carbons (Fsp3) is 0.500. The first-order valence-corrected chi connectivity index (χ1v) is 5.36. The fourth-order valence-electron chi connectivity index (χ4n) is 1.43. The molecule has 0 aliphatic carbocycles. The van der Waals surface area contributed by atoms with Gasteiger partial charge in [-0.05, 0) is 35.2 Å². The second kappa shape index (κ2) is 4.42. The van der Waals surface area contributed by atoms with Crippen molar-refractivity contribution in [3.63, 3.8) is 0 Å². The van der Waals surface area contributed by atoms with Crippen molar-refractivity contribution >= 4 is 17.3 Å². The zero-order valence-corrected chi connectivity index (χ0v) is 8.73. The van der Waals surface area contributed by atoms with E-state index in [4.69, 9.17) is 5.11 Å². The fourth-order valence-corrected chi connectivity index (χ4v) is 2.33. The Morgan fingerprint density at radius 3 is 2.69 bits per heavy atom. The molecule has 3 heteroatoms. The molecule has 2 nitrogen and oxygen atoms in total. The van der Waals surface area contributed by atoms with Gasteiger partial charge in [-0.3, -0.25) is 4.79 Å². The molecule has 0 bridgehead atoms. The minimum atomic E-state index is -0.705. The van der Waals surface area contributed by atoms with E-state index in [2.05, 4.69) is 0 Å². The van der Waals surface area contributed by atoms with Gasteiger partial charge in [0.15, 0.2) is 0 Å². The first kappa shape index (κ1) is 10.3. The molecule has 0 fully saturated rings. The predicted octanol–water partition coefficient (Wildman–Crippen LogP) is 3.02. The number of hydrogen-bond donors (Lipinski definition) is 1. The molecule has 0 amide bonds. The van der Waals surface area contributed by atoms with Crippen molar-refractivity contribution in [2.24, 2.45) is 0 Å². The Morgan fingerprint density at radius 2 is 2.31 bits per heavy atom. The van der Waals surface area contributed by atoms with Crippen molar-refractivity contribution in [2.75, 3.05) is 0 Å². The Hall–Kier alpha value is -0.830. The van der Waals surface area contributed by atoms with Gasteiger partial charge in [0.05, 0.1) is 5.92 Å². The molecule has 0 aromatic carbocycles. The molecule has 0 saturated carbocycles. The second-order valence-electron chi connectivity index (χ2n) is 3.19. The molecule has 1 unspecified atom stereocenters. The summed E-state index contributed by atoms with van der Waals surface area (Å²) in [4.78, 5) is 10.9. The average molecular weight is 198 g/mol. The first-order valence-electron chi connectivity index (χ1n) is 4.42. The number of rotatable bonds is 4. The molecule has 1 aromatic rings. The highest BCUT2D eigenvalue weighted by molar-refractivity contribution is 7.08. The number of aliphatic carboxylic acids is 1. The highest BCUT2D eigenvalue weighted by Gasteiger charge is 2.20. The van der Waals surface area contributed by atoms with Crippen LogP contribution in [0.15, 0.2) is 10.8 Å². The molecule has 0 saturated heterocycles. The van der Waals surface area contributed by atoms with Crippen molar-refractivity contribution in [2.45, 2.75) is 32.6 Å². The number of hydrogen-bond acceptors (Lipinski definition) is 2. The van der Waals surface area contributed by atoms with E-state index in [0.29, 0.717) is 0 Å². The van der Waals surface area contributed by atoms with E-state index >= 15 is 0 Å². The summed E-state index contributed by atoms with van der Waals surface area (Å²) in [6.07, 6.45) is 1.64. The van der Waals surface area contributed by atoms with Crippen LogP contribution in [0.4, 0.5) is 0 Å². The molecule has 1 N–H and O–H groups in total. The largest absolute Gasteiger partial charge is 0.481 e. The van der Waals surface area contributed by atoms with Gasteiger partial charge in [-0.25, -0.2) is 0 Å². The smallest absolute Gasteiger partial charge is 0.311 e. The molecule has 1 heterocycles. The van der Waals surface area contributed by atoms with Crippen LogP contribution in [0.5, 0.6) is 0 Å². The first-order chi connectivity index (χ1) is 6.16. The van der Waals surface area contributed by atoms with Crippen LogP contribution in [0.3, 0.4) is 0 Å². The summed E-state index contributed by atoms with van der Waals surface area (Å²) in [5, 5.41) is 13.0.